The van der Waals surface area contributed by atoms with Crippen LogP contribution < -0.4 is 4.57 Å². The molecule has 0 N–H and O–H groups in total. The van der Waals surface area contributed by atoms with E-state index in [-0.39, 0.29) is 5.92 Å². The van der Waals surface area contributed by atoms with Crippen LogP contribution in [0.15, 0.2) is 36.5 Å². The van der Waals surface area contributed by atoms with Gasteiger partial charge in [0.25, 0.3) is 0 Å². The lowest BCUT2D eigenvalue weighted by Gasteiger charge is -2.21. The highest BCUT2D eigenvalue weighted by Crippen LogP contribution is 2.27. The van der Waals surface area contributed by atoms with Crippen molar-refractivity contribution in [1.82, 2.24) is 0 Å². The van der Waals surface area contributed by atoms with Gasteiger partial charge in [0.15, 0.2) is 6.20 Å². The van der Waals surface area contributed by atoms with E-state index in [4.69, 9.17) is 6.85 Å². The number of hydrogen-bond donors (Lipinski definition) is 0. The molecule has 116 valence electrons. The topological polar surface area (TPSA) is 3.88 Å². The predicted octanol–water partition coefficient (Wildman–Crippen LogP) is 4.92. The van der Waals surface area contributed by atoms with Crippen molar-refractivity contribution in [2.75, 3.05) is 0 Å². The van der Waals surface area contributed by atoms with Crippen molar-refractivity contribution < 1.29 is 11.4 Å². The van der Waals surface area contributed by atoms with Crippen LogP contribution in [-0.4, -0.2) is 0 Å². The maximum Gasteiger partial charge on any atom is 0.212 e. The van der Waals surface area contributed by atoms with Crippen LogP contribution in [0, 0.1) is 19.7 Å². The van der Waals surface area contributed by atoms with Gasteiger partial charge in [-0.05, 0) is 43.8 Å². The summed E-state index contributed by atoms with van der Waals surface area (Å²) in [4.78, 5) is 0. The molecule has 0 spiro atoms. The van der Waals surface area contributed by atoms with Crippen LogP contribution in [0.25, 0.3) is 11.3 Å². The standard InChI is InChI=1S/C21H28N/c1-16-9-11-20(17(2)13-16)21-12-10-19(15-22(21)3)14-18-7-5-4-6-8-18/h9-13,15,18H,4-8,14H2,1-3H3/q+1/i1D3,14D2. The molecule has 1 nitrogen and oxygen atoms in total. The van der Waals surface area contributed by atoms with E-state index in [1.165, 1.54) is 6.42 Å². The Balaban J connectivity index is 1.93. The average Bonchev–Trinajstić information content (AvgIpc) is 2.62. The van der Waals surface area contributed by atoms with Crippen LogP contribution in [0.5, 0.6) is 0 Å². The van der Waals surface area contributed by atoms with Crippen LogP contribution in [0.2, 0.25) is 0 Å². The number of nitrogens with zero attached hydrogens (tertiary/aromatic N) is 1. The first-order valence-electron chi connectivity index (χ1n) is 10.7. The Morgan fingerprint density at radius 1 is 1.18 bits per heavy atom. The number of aryl methyl sites for hydroxylation is 3. The van der Waals surface area contributed by atoms with Crippen molar-refractivity contribution >= 4 is 0 Å². The summed E-state index contributed by atoms with van der Waals surface area (Å²) in [5.41, 5.74) is 3.89. The molecule has 0 bridgehead atoms. The van der Waals surface area contributed by atoms with Gasteiger partial charge in [0, 0.05) is 24.0 Å². The molecular formula is C21H28N+. The quantitative estimate of drug-likeness (QED) is 0.708. The van der Waals surface area contributed by atoms with Crippen molar-refractivity contribution in [2.24, 2.45) is 13.0 Å². The van der Waals surface area contributed by atoms with Crippen LogP contribution in [-0.2, 0) is 13.4 Å². The second-order valence-electron chi connectivity index (χ2n) is 6.42. The fraction of sp³-hybridized carbons (Fsp3) is 0.476. The summed E-state index contributed by atoms with van der Waals surface area (Å²) in [6.45, 7) is -0.189. The third-order valence-corrected chi connectivity index (χ3v) is 4.61. The van der Waals surface area contributed by atoms with E-state index in [1.54, 1.807) is 12.1 Å². The zero-order valence-corrected chi connectivity index (χ0v) is 13.5. The van der Waals surface area contributed by atoms with Gasteiger partial charge in [0.2, 0.25) is 5.69 Å². The van der Waals surface area contributed by atoms with E-state index >= 15 is 0 Å². The minimum atomic E-state index is -2.11. The minimum Gasteiger partial charge on any atom is -0.201 e. The molecule has 1 aliphatic carbocycles. The molecule has 0 amide bonds. The molecule has 0 aliphatic heterocycles. The lowest BCUT2D eigenvalue weighted by molar-refractivity contribution is -0.660. The number of aromatic nitrogens is 1. The molecule has 1 aromatic carbocycles. The number of benzene rings is 1. The maximum absolute atomic E-state index is 8.66. The lowest BCUT2D eigenvalue weighted by atomic mass is 9.85. The van der Waals surface area contributed by atoms with Crippen molar-refractivity contribution in [3.8, 4) is 11.3 Å². The molecule has 0 radical (unpaired) electrons. The highest BCUT2D eigenvalue weighted by molar-refractivity contribution is 5.61. The zero-order valence-electron chi connectivity index (χ0n) is 18.5. The molecule has 0 atom stereocenters. The van der Waals surface area contributed by atoms with Crippen molar-refractivity contribution in [3.63, 3.8) is 0 Å². The monoisotopic (exact) mass is 299 g/mol. The summed E-state index contributed by atoms with van der Waals surface area (Å²) in [6, 6.07) is 9.07. The average molecular weight is 299 g/mol. The van der Waals surface area contributed by atoms with E-state index in [0.717, 1.165) is 48.1 Å². The molecule has 3 rings (SSSR count). The van der Waals surface area contributed by atoms with Gasteiger partial charge in [0.05, 0.1) is 0 Å². The molecule has 0 saturated heterocycles. The van der Waals surface area contributed by atoms with Gasteiger partial charge in [0.1, 0.15) is 7.05 Å². The van der Waals surface area contributed by atoms with E-state index in [1.807, 2.05) is 42.9 Å². The molecule has 2 aromatic rings. The van der Waals surface area contributed by atoms with Gasteiger partial charge in [-0.2, -0.15) is 0 Å². The van der Waals surface area contributed by atoms with Crippen LogP contribution >= 0.6 is 0 Å². The van der Waals surface area contributed by atoms with E-state index in [0.29, 0.717) is 5.56 Å². The highest BCUT2D eigenvalue weighted by atomic mass is 14.9. The summed E-state index contributed by atoms with van der Waals surface area (Å²) in [5, 5.41) is 0. The van der Waals surface area contributed by atoms with Crippen LogP contribution in [0.4, 0.5) is 0 Å². The van der Waals surface area contributed by atoms with E-state index in [9.17, 15) is 0 Å². The third-order valence-electron chi connectivity index (χ3n) is 4.61. The molecule has 1 aliphatic rings. The SMILES string of the molecule is [2H]C([2H])([2H])c1ccc(-c2ccc(C([2H])([2H])C3CCCCC3)c[n+]2C)c(C)c1. The number of pyridine rings is 1. The zero-order chi connectivity index (χ0) is 19.8. The maximum atomic E-state index is 8.66. The highest BCUT2D eigenvalue weighted by Gasteiger charge is 2.17. The first-order chi connectivity index (χ1) is 12.6. The summed E-state index contributed by atoms with van der Waals surface area (Å²) < 4.78 is 42.0. The Morgan fingerprint density at radius 2 is 2.00 bits per heavy atom. The summed E-state index contributed by atoms with van der Waals surface area (Å²) in [5.74, 6) is 0.0809. The minimum absolute atomic E-state index is 0.0809. The summed E-state index contributed by atoms with van der Waals surface area (Å²) >= 11 is 0. The normalized spacial score (nSPS) is 20.5. The van der Waals surface area contributed by atoms with Crippen molar-refractivity contribution in [3.05, 3.63) is 53.2 Å². The second-order valence-corrected chi connectivity index (χ2v) is 6.42. The predicted molar refractivity (Wildman–Crippen MR) is 92.8 cm³/mol. The molecule has 22 heavy (non-hydrogen) atoms. The fourth-order valence-electron chi connectivity index (χ4n) is 3.41. The molecule has 0 unspecified atom stereocenters. The molecule has 1 heterocycles. The summed E-state index contributed by atoms with van der Waals surface area (Å²) in [6.07, 6.45) is 5.91. The third kappa shape index (κ3) is 3.40. The first kappa shape index (κ1) is 10.2. The Hall–Kier alpha value is -1.63. The van der Waals surface area contributed by atoms with Crippen molar-refractivity contribution in [2.45, 2.75) is 52.3 Å². The Labute approximate surface area is 142 Å². The molecule has 1 aromatic heterocycles. The van der Waals surface area contributed by atoms with Crippen LogP contribution in [0.1, 0.15) is 55.6 Å². The van der Waals surface area contributed by atoms with Gasteiger partial charge < -0.3 is 0 Å². The van der Waals surface area contributed by atoms with E-state index < -0.39 is 13.2 Å². The summed E-state index contributed by atoms with van der Waals surface area (Å²) in [7, 11) is 1.92. The fourth-order valence-corrected chi connectivity index (χ4v) is 3.41. The van der Waals surface area contributed by atoms with Gasteiger partial charge >= 0.3 is 0 Å². The molecule has 1 saturated carbocycles. The smallest absolute Gasteiger partial charge is 0.201 e. The Bertz CT molecular complexity index is 820. The van der Waals surface area contributed by atoms with Crippen molar-refractivity contribution in [1.29, 1.82) is 0 Å². The second kappa shape index (κ2) is 6.64. The Kier molecular flexibility index (Phi) is 3.08. The number of rotatable bonds is 3. The van der Waals surface area contributed by atoms with E-state index in [2.05, 4.69) is 0 Å². The van der Waals surface area contributed by atoms with Crippen LogP contribution in [0.3, 0.4) is 0 Å². The number of hydrogen-bond acceptors (Lipinski definition) is 0. The van der Waals surface area contributed by atoms with Gasteiger partial charge in [-0.25, -0.2) is 4.57 Å². The lowest BCUT2D eigenvalue weighted by Crippen LogP contribution is -2.31. The van der Waals surface area contributed by atoms with Gasteiger partial charge in [-0.3, -0.25) is 0 Å². The largest absolute Gasteiger partial charge is 0.212 e. The molecular weight excluding hydrogens is 266 g/mol. The Morgan fingerprint density at radius 3 is 2.68 bits per heavy atom. The molecule has 1 fully saturated rings. The first-order valence-corrected chi connectivity index (χ1v) is 8.22. The van der Waals surface area contributed by atoms with Gasteiger partial charge in [-0.1, -0.05) is 49.8 Å². The molecule has 1 heteroatoms. The van der Waals surface area contributed by atoms with Gasteiger partial charge in [-0.15, -0.1) is 0 Å².